The molecule has 4 amide bonds. The van der Waals surface area contributed by atoms with Gasteiger partial charge in [0.2, 0.25) is 0 Å². The molecule has 2 aliphatic rings. The smallest absolute Gasteiger partial charge is 0.338 e. The van der Waals surface area contributed by atoms with E-state index in [1.54, 1.807) is 21.1 Å². The maximum atomic E-state index is 13.2. The number of hydrogen-bond donors (Lipinski definition) is 2. The lowest BCUT2D eigenvalue weighted by molar-refractivity contribution is -0.139. The first-order valence-corrected chi connectivity index (χ1v) is 12.3. The highest BCUT2D eigenvalue weighted by Crippen LogP contribution is 2.33. The van der Waals surface area contributed by atoms with Gasteiger partial charge in [-0.25, -0.2) is 14.4 Å². The van der Waals surface area contributed by atoms with Crippen molar-refractivity contribution in [3.8, 4) is 5.75 Å². The molecule has 0 spiro atoms. The summed E-state index contributed by atoms with van der Waals surface area (Å²) in [5, 5.41) is 5.96. The lowest BCUT2D eigenvalue weighted by atomic mass is 9.94. The third-order valence-corrected chi connectivity index (χ3v) is 6.33. The van der Waals surface area contributed by atoms with Crippen molar-refractivity contribution in [2.45, 2.75) is 52.2 Å². The van der Waals surface area contributed by atoms with Gasteiger partial charge in [0.15, 0.2) is 0 Å². The average molecular weight is 502 g/mol. The largest absolute Gasteiger partial charge is 0.497 e. The van der Waals surface area contributed by atoms with Gasteiger partial charge in [-0.2, -0.15) is 0 Å². The monoisotopic (exact) mass is 501 g/mol. The lowest BCUT2D eigenvalue weighted by Gasteiger charge is -2.43. The van der Waals surface area contributed by atoms with Crippen LogP contribution >= 0.6 is 0 Å². The number of carbonyl (C=O) groups is 3. The van der Waals surface area contributed by atoms with Gasteiger partial charge in [-0.05, 0) is 52.3 Å². The van der Waals surface area contributed by atoms with Gasteiger partial charge in [-0.1, -0.05) is 12.1 Å². The Morgan fingerprint density at radius 2 is 1.94 bits per heavy atom. The second-order valence-electron chi connectivity index (χ2n) is 10.3. The molecule has 3 rings (SSSR count). The van der Waals surface area contributed by atoms with Crippen LogP contribution in [0.1, 0.15) is 46.2 Å². The standard InChI is InChI=1S/C26H39N5O5/c1-8-36-23(32)21-20(16-30-12-13-31(17(2)15-30)25(34)28-26(3,4)5)29(6)24(33)27-22(21)18-10-9-11-19(14-18)35-7/h9-11,14,17,22H,8,12-13,15-16H2,1-7H3,(H,27,33)(H,28,34). The Bertz CT molecular complexity index is 1020. The van der Waals surface area contributed by atoms with E-state index in [0.717, 1.165) is 5.56 Å². The van der Waals surface area contributed by atoms with Gasteiger partial charge >= 0.3 is 18.0 Å². The molecule has 0 saturated carbocycles. The fraction of sp³-hybridized carbons (Fsp3) is 0.577. The number of amides is 4. The topological polar surface area (TPSA) is 103 Å². The molecular weight excluding hydrogens is 462 g/mol. The summed E-state index contributed by atoms with van der Waals surface area (Å²) < 4.78 is 10.8. The van der Waals surface area contributed by atoms with Crippen LogP contribution in [0.25, 0.3) is 0 Å². The first-order valence-electron chi connectivity index (χ1n) is 12.3. The third kappa shape index (κ3) is 6.29. The Morgan fingerprint density at radius 1 is 1.22 bits per heavy atom. The highest BCUT2D eigenvalue weighted by atomic mass is 16.5. The van der Waals surface area contributed by atoms with E-state index >= 15 is 0 Å². The maximum Gasteiger partial charge on any atom is 0.338 e. The number of hydrogen-bond acceptors (Lipinski definition) is 6. The molecule has 2 atom stereocenters. The normalized spacial score (nSPS) is 21.2. The first-order chi connectivity index (χ1) is 16.9. The molecule has 2 unspecified atom stereocenters. The van der Waals surface area contributed by atoms with E-state index in [1.807, 2.05) is 56.9 Å². The zero-order valence-corrected chi connectivity index (χ0v) is 22.4. The molecule has 198 valence electrons. The third-order valence-electron chi connectivity index (χ3n) is 6.33. The highest BCUT2D eigenvalue weighted by molar-refractivity contribution is 5.95. The Labute approximate surface area is 213 Å². The predicted molar refractivity (Wildman–Crippen MR) is 137 cm³/mol. The van der Waals surface area contributed by atoms with E-state index in [4.69, 9.17) is 9.47 Å². The van der Waals surface area contributed by atoms with Gasteiger partial charge < -0.3 is 25.0 Å². The summed E-state index contributed by atoms with van der Waals surface area (Å²) >= 11 is 0. The summed E-state index contributed by atoms with van der Waals surface area (Å²) in [6.07, 6.45) is 0. The van der Waals surface area contributed by atoms with E-state index < -0.39 is 12.0 Å². The predicted octanol–water partition coefficient (Wildman–Crippen LogP) is 2.72. The summed E-state index contributed by atoms with van der Waals surface area (Å²) in [4.78, 5) is 44.4. The van der Waals surface area contributed by atoms with E-state index in [2.05, 4.69) is 15.5 Å². The van der Waals surface area contributed by atoms with Crippen LogP contribution < -0.4 is 15.4 Å². The minimum absolute atomic E-state index is 0.0374. The SMILES string of the molecule is CCOC(=O)C1=C(CN2CCN(C(=O)NC(C)(C)C)C(C)C2)N(C)C(=O)NC1c1cccc(OC)c1. The molecule has 1 fully saturated rings. The van der Waals surface area contributed by atoms with Gasteiger partial charge in [0, 0.05) is 50.5 Å². The number of benzene rings is 1. The molecule has 0 aliphatic carbocycles. The number of nitrogens with one attached hydrogen (secondary N) is 2. The van der Waals surface area contributed by atoms with Crippen LogP contribution in [0, 0.1) is 0 Å². The second-order valence-corrected chi connectivity index (χ2v) is 10.3. The van der Waals surface area contributed by atoms with E-state index in [9.17, 15) is 14.4 Å². The summed E-state index contributed by atoms with van der Waals surface area (Å²) in [5.41, 5.74) is 1.40. The fourth-order valence-corrected chi connectivity index (χ4v) is 4.55. The lowest BCUT2D eigenvalue weighted by Crippen LogP contribution is -2.59. The van der Waals surface area contributed by atoms with Crippen LogP contribution in [0.5, 0.6) is 5.75 Å². The van der Waals surface area contributed by atoms with Crippen molar-refractivity contribution in [2.75, 3.05) is 46.9 Å². The van der Waals surface area contributed by atoms with Gasteiger partial charge in [-0.15, -0.1) is 0 Å². The van der Waals surface area contributed by atoms with E-state index in [0.29, 0.717) is 43.2 Å². The van der Waals surface area contributed by atoms with Crippen molar-refractivity contribution in [2.24, 2.45) is 0 Å². The molecule has 0 aromatic heterocycles. The zero-order valence-electron chi connectivity index (χ0n) is 22.4. The number of piperazine rings is 1. The van der Waals surface area contributed by atoms with Crippen LogP contribution in [-0.2, 0) is 9.53 Å². The molecule has 1 aromatic carbocycles. The van der Waals surface area contributed by atoms with Crippen LogP contribution in [0.15, 0.2) is 35.5 Å². The second kappa shape index (κ2) is 11.2. The molecule has 36 heavy (non-hydrogen) atoms. The molecule has 1 saturated heterocycles. The number of nitrogens with zero attached hydrogens (tertiary/aromatic N) is 3. The van der Waals surface area contributed by atoms with Crippen molar-refractivity contribution in [1.29, 1.82) is 0 Å². The Morgan fingerprint density at radius 3 is 2.56 bits per heavy atom. The summed E-state index contributed by atoms with van der Waals surface area (Å²) in [6, 6.07) is 6.19. The number of urea groups is 2. The van der Waals surface area contributed by atoms with Crippen molar-refractivity contribution in [1.82, 2.24) is 25.3 Å². The van der Waals surface area contributed by atoms with Crippen LogP contribution in [0.3, 0.4) is 0 Å². The molecule has 2 aliphatic heterocycles. The molecule has 1 aromatic rings. The molecule has 2 N–H and O–H groups in total. The van der Waals surface area contributed by atoms with Crippen LogP contribution in [0.2, 0.25) is 0 Å². The van der Waals surface area contributed by atoms with Crippen molar-refractivity contribution in [3.63, 3.8) is 0 Å². The maximum absolute atomic E-state index is 13.2. The number of rotatable bonds is 6. The van der Waals surface area contributed by atoms with E-state index in [-0.39, 0.29) is 30.2 Å². The average Bonchev–Trinajstić information content (AvgIpc) is 2.80. The number of likely N-dealkylation sites (N-methyl/N-ethyl adjacent to an activating group) is 1. The molecule has 0 bridgehead atoms. The number of esters is 1. The molecular formula is C26H39N5O5. The first kappa shape index (κ1) is 27.3. The van der Waals surface area contributed by atoms with Crippen molar-refractivity contribution < 1.29 is 23.9 Å². The molecule has 2 heterocycles. The summed E-state index contributed by atoms with van der Waals surface area (Å²) in [6.45, 7) is 12.0. The minimum atomic E-state index is -0.672. The quantitative estimate of drug-likeness (QED) is 0.581. The molecule has 10 nitrogen and oxygen atoms in total. The van der Waals surface area contributed by atoms with Gasteiger partial charge in [0.05, 0.1) is 25.3 Å². The fourth-order valence-electron chi connectivity index (χ4n) is 4.55. The van der Waals surface area contributed by atoms with Crippen LogP contribution in [0.4, 0.5) is 9.59 Å². The van der Waals surface area contributed by atoms with Crippen molar-refractivity contribution >= 4 is 18.0 Å². The van der Waals surface area contributed by atoms with E-state index in [1.165, 1.54) is 4.90 Å². The highest BCUT2D eigenvalue weighted by Gasteiger charge is 2.38. The van der Waals surface area contributed by atoms with Gasteiger partial charge in [-0.3, -0.25) is 9.80 Å². The Hall–Kier alpha value is -3.27. The number of ether oxygens (including phenoxy) is 2. The Balaban J connectivity index is 1.90. The summed E-state index contributed by atoms with van der Waals surface area (Å²) in [5.74, 6) is 0.160. The van der Waals surface area contributed by atoms with Crippen LogP contribution in [-0.4, -0.2) is 91.3 Å². The number of methoxy groups -OCH3 is 1. The molecule has 0 radical (unpaired) electrons. The Kier molecular flexibility index (Phi) is 8.50. The minimum Gasteiger partial charge on any atom is -0.497 e. The number of carbonyl (C=O) groups excluding carboxylic acids is 3. The van der Waals surface area contributed by atoms with Gasteiger partial charge in [0.1, 0.15) is 5.75 Å². The molecule has 10 heteroatoms. The summed E-state index contributed by atoms with van der Waals surface area (Å²) in [7, 11) is 3.23. The zero-order chi connectivity index (χ0) is 26.6. The van der Waals surface area contributed by atoms with Gasteiger partial charge in [0.25, 0.3) is 0 Å². The van der Waals surface area contributed by atoms with Crippen molar-refractivity contribution in [3.05, 3.63) is 41.1 Å².